The van der Waals surface area contributed by atoms with Crippen molar-refractivity contribution in [3.05, 3.63) is 0 Å². The summed E-state index contributed by atoms with van der Waals surface area (Å²) in [6.45, 7) is 6.88. The van der Waals surface area contributed by atoms with E-state index in [4.69, 9.17) is 4.74 Å². The van der Waals surface area contributed by atoms with Gasteiger partial charge in [-0.25, -0.2) is 0 Å². The van der Waals surface area contributed by atoms with Crippen molar-refractivity contribution < 1.29 is 19.1 Å². The van der Waals surface area contributed by atoms with Gasteiger partial charge >= 0.3 is 5.97 Å². The number of likely N-dealkylation sites (N-methyl/N-ethyl adjacent to an activating group) is 1. The Morgan fingerprint density at radius 3 is 2.53 bits per heavy atom. The van der Waals surface area contributed by atoms with Gasteiger partial charge in [0.05, 0.1) is 18.7 Å². The van der Waals surface area contributed by atoms with Crippen molar-refractivity contribution in [2.45, 2.75) is 32.7 Å². The highest BCUT2D eigenvalue weighted by Gasteiger charge is 2.41. The molecule has 108 valence electrons. The summed E-state index contributed by atoms with van der Waals surface area (Å²) in [5.74, 6) is -0.739. The molecule has 6 nitrogen and oxygen atoms in total. The Morgan fingerprint density at radius 1 is 1.32 bits per heavy atom. The largest absolute Gasteiger partial charge is 0.466 e. The molecule has 0 aromatic heterocycles. The number of Topliss-reactive ketones (excluding diaryl/α,β-unsaturated/α-hetero) is 1. The molecule has 0 unspecified atom stereocenters. The van der Waals surface area contributed by atoms with Crippen LogP contribution >= 0.6 is 0 Å². The van der Waals surface area contributed by atoms with Gasteiger partial charge in [-0.15, -0.1) is 0 Å². The van der Waals surface area contributed by atoms with Gasteiger partial charge in [-0.3, -0.25) is 19.3 Å². The number of esters is 1. The third-order valence-corrected chi connectivity index (χ3v) is 3.38. The van der Waals surface area contributed by atoms with Crippen LogP contribution in [0.2, 0.25) is 0 Å². The number of nitrogens with zero attached hydrogens (tertiary/aromatic N) is 2. The lowest BCUT2D eigenvalue weighted by atomic mass is 9.97. The first kappa shape index (κ1) is 15.6. The number of piperazine rings is 1. The van der Waals surface area contributed by atoms with Gasteiger partial charge in [-0.1, -0.05) is 0 Å². The van der Waals surface area contributed by atoms with E-state index < -0.39 is 11.5 Å². The molecule has 0 aromatic rings. The van der Waals surface area contributed by atoms with Crippen molar-refractivity contribution in [3.63, 3.8) is 0 Å². The molecule has 1 saturated heterocycles. The Hall–Kier alpha value is -1.43. The van der Waals surface area contributed by atoms with E-state index in [-0.39, 0.29) is 31.3 Å². The summed E-state index contributed by atoms with van der Waals surface area (Å²) in [7, 11) is 1.75. The van der Waals surface area contributed by atoms with Gasteiger partial charge in [-0.05, 0) is 20.8 Å². The molecule has 6 heteroatoms. The van der Waals surface area contributed by atoms with Crippen LogP contribution in [0.5, 0.6) is 0 Å². The van der Waals surface area contributed by atoms with Gasteiger partial charge in [0.2, 0.25) is 5.91 Å². The molecule has 1 heterocycles. The highest BCUT2D eigenvalue weighted by atomic mass is 16.5. The highest BCUT2D eigenvalue weighted by Crippen LogP contribution is 2.21. The number of hydrogen-bond acceptors (Lipinski definition) is 5. The van der Waals surface area contributed by atoms with E-state index in [2.05, 4.69) is 0 Å². The molecule has 0 aromatic carbocycles. The summed E-state index contributed by atoms with van der Waals surface area (Å²) in [5.41, 5.74) is -0.711. The lowest BCUT2D eigenvalue weighted by Crippen LogP contribution is -2.62. The van der Waals surface area contributed by atoms with Gasteiger partial charge in [0.1, 0.15) is 6.42 Å². The number of carbonyl (C=O) groups is 3. The monoisotopic (exact) mass is 270 g/mol. The zero-order chi connectivity index (χ0) is 14.6. The van der Waals surface area contributed by atoms with Crippen LogP contribution in [0.4, 0.5) is 0 Å². The smallest absolute Gasteiger partial charge is 0.313 e. The molecular weight excluding hydrogens is 248 g/mol. The number of rotatable bonds is 5. The molecule has 1 fully saturated rings. The van der Waals surface area contributed by atoms with Crippen molar-refractivity contribution in [2.75, 3.05) is 33.3 Å². The van der Waals surface area contributed by atoms with Crippen LogP contribution in [0.25, 0.3) is 0 Å². The Kier molecular flexibility index (Phi) is 5.05. The maximum Gasteiger partial charge on any atom is 0.313 e. The normalized spacial score (nSPS) is 19.4. The molecule has 0 spiro atoms. The minimum Gasteiger partial charge on any atom is -0.466 e. The van der Waals surface area contributed by atoms with Crippen molar-refractivity contribution >= 4 is 17.7 Å². The van der Waals surface area contributed by atoms with Crippen LogP contribution in [0.15, 0.2) is 0 Å². The van der Waals surface area contributed by atoms with Crippen molar-refractivity contribution in [3.8, 4) is 0 Å². The molecule has 19 heavy (non-hydrogen) atoms. The van der Waals surface area contributed by atoms with Crippen LogP contribution in [-0.2, 0) is 19.1 Å². The first-order chi connectivity index (χ1) is 8.78. The van der Waals surface area contributed by atoms with Crippen LogP contribution in [0.1, 0.15) is 27.2 Å². The SMILES string of the molecule is CCOC(=O)CC(=O)CN1CCN(C)C(=O)C1(C)C. The Bertz CT molecular complexity index is 379. The van der Waals surface area contributed by atoms with Gasteiger partial charge in [0, 0.05) is 20.1 Å². The van der Waals surface area contributed by atoms with Crippen LogP contribution in [-0.4, -0.2) is 66.3 Å². The molecule has 0 atom stereocenters. The summed E-state index contributed by atoms with van der Waals surface area (Å²) in [4.78, 5) is 38.6. The van der Waals surface area contributed by atoms with Crippen molar-refractivity contribution in [1.29, 1.82) is 0 Å². The van der Waals surface area contributed by atoms with E-state index in [1.54, 1.807) is 32.7 Å². The molecule has 0 saturated carbocycles. The third-order valence-electron chi connectivity index (χ3n) is 3.38. The minimum absolute atomic E-state index is 0.0114. The Morgan fingerprint density at radius 2 is 1.95 bits per heavy atom. The Balaban J connectivity index is 2.59. The molecule has 0 bridgehead atoms. The second-order valence-corrected chi connectivity index (χ2v) is 5.23. The third kappa shape index (κ3) is 3.76. The molecule has 0 N–H and O–H groups in total. The van der Waals surface area contributed by atoms with Crippen molar-refractivity contribution in [2.24, 2.45) is 0 Å². The van der Waals surface area contributed by atoms with E-state index in [1.165, 1.54) is 0 Å². The minimum atomic E-state index is -0.711. The van der Waals surface area contributed by atoms with Gasteiger partial charge in [-0.2, -0.15) is 0 Å². The Labute approximate surface area is 113 Å². The second kappa shape index (κ2) is 6.14. The summed E-state index contributed by atoms with van der Waals surface area (Å²) in [5, 5.41) is 0. The van der Waals surface area contributed by atoms with Gasteiger partial charge < -0.3 is 9.64 Å². The summed E-state index contributed by atoms with van der Waals surface area (Å²) >= 11 is 0. The molecule has 0 radical (unpaired) electrons. The maximum absolute atomic E-state index is 12.0. The fourth-order valence-electron chi connectivity index (χ4n) is 2.17. The quantitative estimate of drug-likeness (QED) is 0.522. The number of hydrogen-bond donors (Lipinski definition) is 0. The topological polar surface area (TPSA) is 66.9 Å². The van der Waals surface area contributed by atoms with E-state index in [0.717, 1.165) is 0 Å². The fraction of sp³-hybridized carbons (Fsp3) is 0.769. The summed E-state index contributed by atoms with van der Waals surface area (Å²) in [6.07, 6.45) is -0.232. The van der Waals surface area contributed by atoms with E-state index >= 15 is 0 Å². The number of ketones is 1. The van der Waals surface area contributed by atoms with Crippen molar-refractivity contribution in [1.82, 2.24) is 9.80 Å². The molecule has 1 amide bonds. The molecule has 1 rings (SSSR count). The predicted molar refractivity (Wildman–Crippen MR) is 69.5 cm³/mol. The van der Waals surface area contributed by atoms with Gasteiger partial charge in [0.25, 0.3) is 0 Å². The first-order valence-electron chi connectivity index (χ1n) is 6.47. The lowest BCUT2D eigenvalue weighted by molar-refractivity contribution is -0.149. The lowest BCUT2D eigenvalue weighted by Gasteiger charge is -2.44. The molecular formula is C13H22N2O4. The van der Waals surface area contributed by atoms with Crippen LogP contribution in [0.3, 0.4) is 0 Å². The van der Waals surface area contributed by atoms with E-state index in [0.29, 0.717) is 13.1 Å². The average Bonchev–Trinajstić information content (AvgIpc) is 2.31. The first-order valence-corrected chi connectivity index (χ1v) is 6.47. The standard InChI is InChI=1S/C13H22N2O4/c1-5-19-11(17)8-10(16)9-15-7-6-14(4)12(18)13(15,2)3/h5-9H2,1-4H3. The number of amides is 1. The maximum atomic E-state index is 12.0. The number of ether oxygens (including phenoxy) is 1. The van der Waals surface area contributed by atoms with Crippen LogP contribution in [0, 0.1) is 0 Å². The van der Waals surface area contributed by atoms with Gasteiger partial charge in [0.15, 0.2) is 5.78 Å². The van der Waals surface area contributed by atoms with Crippen LogP contribution < -0.4 is 0 Å². The second-order valence-electron chi connectivity index (χ2n) is 5.23. The zero-order valence-electron chi connectivity index (χ0n) is 12.1. The zero-order valence-corrected chi connectivity index (χ0v) is 12.1. The highest BCUT2D eigenvalue weighted by molar-refractivity contribution is 5.97. The molecule has 0 aliphatic carbocycles. The number of carbonyl (C=O) groups excluding carboxylic acids is 3. The average molecular weight is 270 g/mol. The summed E-state index contributed by atoms with van der Waals surface area (Å²) < 4.78 is 4.74. The summed E-state index contributed by atoms with van der Waals surface area (Å²) in [6, 6.07) is 0. The molecule has 1 aliphatic rings. The predicted octanol–water partition coefficient (Wildman–Crippen LogP) is 0.0613. The molecule has 1 aliphatic heterocycles. The van der Waals surface area contributed by atoms with E-state index in [1.807, 2.05) is 4.90 Å². The fourth-order valence-corrected chi connectivity index (χ4v) is 2.17. The van der Waals surface area contributed by atoms with E-state index in [9.17, 15) is 14.4 Å².